The van der Waals surface area contributed by atoms with Crippen molar-refractivity contribution in [3.8, 4) is 0 Å². The van der Waals surface area contributed by atoms with Crippen molar-refractivity contribution in [2.75, 3.05) is 33.2 Å². The molecule has 1 unspecified atom stereocenters. The third-order valence-corrected chi connectivity index (χ3v) is 5.69. The average Bonchev–Trinajstić information content (AvgIpc) is 2.92. The van der Waals surface area contributed by atoms with Crippen LogP contribution in [0.3, 0.4) is 0 Å². The molecule has 4 rings (SSSR count). The number of fused-ring (bicyclic) bond motifs is 3. The van der Waals surface area contributed by atoms with E-state index >= 15 is 0 Å². The second-order valence-electron chi connectivity index (χ2n) is 5.85. The Morgan fingerprint density at radius 1 is 1.50 bits per heavy atom. The summed E-state index contributed by atoms with van der Waals surface area (Å²) >= 11 is 1.78. The van der Waals surface area contributed by atoms with E-state index in [0.717, 1.165) is 25.6 Å². The minimum Gasteiger partial charge on any atom is -0.329 e. The topological polar surface area (TPSA) is 32.5 Å². The van der Waals surface area contributed by atoms with E-state index in [9.17, 15) is 0 Å². The van der Waals surface area contributed by atoms with Crippen LogP contribution in [0.1, 0.15) is 18.4 Å². The van der Waals surface area contributed by atoms with Crippen molar-refractivity contribution in [2.24, 2.45) is 11.7 Å². The summed E-state index contributed by atoms with van der Waals surface area (Å²) < 4.78 is 0. The Morgan fingerprint density at radius 2 is 2.28 bits per heavy atom. The number of nitrogens with two attached hydrogens (primary N) is 1. The van der Waals surface area contributed by atoms with Gasteiger partial charge in [-0.15, -0.1) is 0 Å². The van der Waals surface area contributed by atoms with Crippen molar-refractivity contribution >= 4 is 11.3 Å². The van der Waals surface area contributed by atoms with Crippen LogP contribution in [0.2, 0.25) is 0 Å². The minimum atomic E-state index is 0.207. The van der Waals surface area contributed by atoms with E-state index in [1.165, 1.54) is 31.5 Å². The maximum absolute atomic E-state index is 6.19. The molecule has 3 saturated heterocycles. The van der Waals surface area contributed by atoms with Crippen molar-refractivity contribution in [3.63, 3.8) is 0 Å². The highest BCUT2D eigenvalue weighted by molar-refractivity contribution is 7.07. The summed E-state index contributed by atoms with van der Waals surface area (Å²) in [6.07, 6.45) is 2.65. The predicted octanol–water partition coefficient (Wildman–Crippen LogP) is 1.60. The molecule has 1 atom stereocenters. The molecule has 3 aliphatic heterocycles. The van der Waals surface area contributed by atoms with Crippen LogP contribution in [0.25, 0.3) is 0 Å². The Bertz CT molecular complexity index is 384. The third-order valence-electron chi connectivity index (χ3n) is 4.96. The van der Waals surface area contributed by atoms with Crippen LogP contribution in [-0.4, -0.2) is 48.6 Å². The molecular formula is C14H23N3S. The SMILES string of the molecule is CN(Cc1ccsc1)C1(CN)CN2CCC1CC2. The van der Waals surface area contributed by atoms with Gasteiger partial charge in [-0.2, -0.15) is 11.3 Å². The maximum Gasteiger partial charge on any atom is 0.0487 e. The van der Waals surface area contributed by atoms with Crippen molar-refractivity contribution in [2.45, 2.75) is 24.9 Å². The third kappa shape index (κ3) is 2.01. The number of likely N-dealkylation sites (N-methyl/N-ethyl adjacent to an activating group) is 1. The molecule has 0 saturated carbocycles. The molecule has 0 aromatic carbocycles. The van der Waals surface area contributed by atoms with Gasteiger partial charge in [0.25, 0.3) is 0 Å². The molecule has 4 heterocycles. The summed E-state index contributed by atoms with van der Waals surface area (Å²) in [5.74, 6) is 0.788. The molecule has 0 amide bonds. The molecule has 1 aromatic heterocycles. The van der Waals surface area contributed by atoms with Gasteiger partial charge in [0, 0.05) is 25.2 Å². The van der Waals surface area contributed by atoms with Gasteiger partial charge in [-0.1, -0.05) is 0 Å². The number of thiophene rings is 1. The summed E-state index contributed by atoms with van der Waals surface area (Å²) in [7, 11) is 2.26. The average molecular weight is 265 g/mol. The molecule has 3 fully saturated rings. The van der Waals surface area contributed by atoms with Crippen molar-refractivity contribution < 1.29 is 0 Å². The first-order valence-corrected chi connectivity index (χ1v) is 7.83. The van der Waals surface area contributed by atoms with Crippen LogP contribution in [0.5, 0.6) is 0 Å². The molecule has 100 valence electrons. The van der Waals surface area contributed by atoms with E-state index in [2.05, 4.69) is 33.7 Å². The van der Waals surface area contributed by atoms with E-state index < -0.39 is 0 Å². The molecule has 18 heavy (non-hydrogen) atoms. The molecule has 2 N–H and O–H groups in total. The van der Waals surface area contributed by atoms with Gasteiger partial charge in [0.2, 0.25) is 0 Å². The maximum atomic E-state index is 6.19. The molecule has 1 aromatic rings. The standard InChI is InChI=1S/C14H23N3S/c1-16(8-12-4-7-18-9-12)14(10-15)11-17-5-2-13(14)3-6-17/h4,7,9,13H,2-3,5-6,8,10-11,15H2,1H3. The van der Waals surface area contributed by atoms with Crippen LogP contribution in [0, 0.1) is 5.92 Å². The number of hydrogen-bond acceptors (Lipinski definition) is 4. The fourth-order valence-electron chi connectivity index (χ4n) is 3.78. The lowest BCUT2D eigenvalue weighted by Gasteiger charge is -2.57. The molecule has 0 aliphatic carbocycles. The van der Waals surface area contributed by atoms with E-state index in [0.29, 0.717) is 0 Å². The van der Waals surface area contributed by atoms with E-state index in [1.54, 1.807) is 11.3 Å². The number of hydrogen-bond donors (Lipinski definition) is 1. The first-order chi connectivity index (χ1) is 8.74. The van der Waals surface area contributed by atoms with E-state index in [4.69, 9.17) is 5.73 Å². The van der Waals surface area contributed by atoms with E-state index in [-0.39, 0.29) is 5.54 Å². The highest BCUT2D eigenvalue weighted by atomic mass is 32.1. The lowest BCUT2D eigenvalue weighted by Crippen LogP contribution is -2.68. The molecule has 3 nitrogen and oxygen atoms in total. The Hall–Kier alpha value is -0.420. The lowest BCUT2D eigenvalue weighted by atomic mass is 9.71. The Balaban J connectivity index is 1.78. The van der Waals surface area contributed by atoms with Crippen molar-refractivity contribution in [1.82, 2.24) is 9.80 Å². The fourth-order valence-corrected chi connectivity index (χ4v) is 4.44. The second-order valence-corrected chi connectivity index (χ2v) is 6.63. The first-order valence-electron chi connectivity index (χ1n) is 6.89. The monoisotopic (exact) mass is 265 g/mol. The summed E-state index contributed by atoms with van der Waals surface area (Å²) in [4.78, 5) is 5.11. The smallest absolute Gasteiger partial charge is 0.0487 e. The van der Waals surface area contributed by atoms with Gasteiger partial charge in [0.15, 0.2) is 0 Å². The number of piperidine rings is 3. The second kappa shape index (κ2) is 4.93. The van der Waals surface area contributed by atoms with Gasteiger partial charge >= 0.3 is 0 Å². The van der Waals surface area contributed by atoms with Crippen LogP contribution in [-0.2, 0) is 6.54 Å². The van der Waals surface area contributed by atoms with Gasteiger partial charge in [0.05, 0.1) is 0 Å². The highest BCUT2D eigenvalue weighted by Gasteiger charge is 2.48. The zero-order valence-corrected chi connectivity index (χ0v) is 12.0. The van der Waals surface area contributed by atoms with Gasteiger partial charge in [-0.3, -0.25) is 4.90 Å². The quantitative estimate of drug-likeness (QED) is 0.897. The first kappa shape index (κ1) is 12.6. The summed E-state index contributed by atoms with van der Waals surface area (Å²) in [6, 6.07) is 2.23. The summed E-state index contributed by atoms with van der Waals surface area (Å²) in [5, 5.41) is 4.41. The largest absolute Gasteiger partial charge is 0.329 e. The molecule has 3 aliphatic rings. The fraction of sp³-hybridized carbons (Fsp3) is 0.714. The molecule has 2 bridgehead atoms. The van der Waals surface area contributed by atoms with Crippen molar-refractivity contribution in [1.29, 1.82) is 0 Å². The highest BCUT2D eigenvalue weighted by Crippen LogP contribution is 2.39. The number of rotatable bonds is 4. The summed E-state index contributed by atoms with van der Waals surface area (Å²) in [6.45, 7) is 5.53. The zero-order valence-electron chi connectivity index (χ0n) is 11.1. The van der Waals surface area contributed by atoms with Crippen LogP contribution >= 0.6 is 11.3 Å². The molecule has 0 spiro atoms. The lowest BCUT2D eigenvalue weighted by molar-refractivity contribution is -0.0595. The van der Waals surface area contributed by atoms with Gasteiger partial charge in [0.1, 0.15) is 0 Å². The summed E-state index contributed by atoms with van der Waals surface area (Å²) in [5.41, 5.74) is 7.82. The van der Waals surface area contributed by atoms with Gasteiger partial charge < -0.3 is 10.6 Å². The Morgan fingerprint density at radius 3 is 2.78 bits per heavy atom. The molecular weight excluding hydrogens is 242 g/mol. The Labute approximate surface area is 114 Å². The zero-order chi connectivity index (χ0) is 12.6. The van der Waals surface area contributed by atoms with E-state index in [1.807, 2.05) is 0 Å². The van der Waals surface area contributed by atoms with Gasteiger partial charge in [-0.05, 0) is 61.3 Å². The van der Waals surface area contributed by atoms with Crippen molar-refractivity contribution in [3.05, 3.63) is 22.4 Å². The Kier molecular flexibility index (Phi) is 3.45. The number of nitrogens with zero attached hydrogens (tertiary/aromatic N) is 2. The minimum absolute atomic E-state index is 0.207. The predicted molar refractivity (Wildman–Crippen MR) is 76.7 cm³/mol. The normalized spacial score (nSPS) is 35.3. The van der Waals surface area contributed by atoms with Gasteiger partial charge in [-0.25, -0.2) is 0 Å². The van der Waals surface area contributed by atoms with Crippen LogP contribution < -0.4 is 5.73 Å². The van der Waals surface area contributed by atoms with Crippen LogP contribution in [0.15, 0.2) is 16.8 Å². The molecule has 0 radical (unpaired) electrons. The van der Waals surface area contributed by atoms with Crippen LogP contribution in [0.4, 0.5) is 0 Å². The molecule has 4 heteroatoms.